The number of sulfonamides is 1. The van der Waals surface area contributed by atoms with Gasteiger partial charge in [-0.15, -0.1) is 4.98 Å². The van der Waals surface area contributed by atoms with E-state index >= 15 is 0 Å². The zero-order chi connectivity index (χ0) is 27.7. The molecule has 10 nitrogen and oxygen atoms in total. The maximum Gasteiger partial charge on any atom is 0.272 e. The van der Waals surface area contributed by atoms with Gasteiger partial charge in [-0.3, -0.25) is 8.87 Å². The summed E-state index contributed by atoms with van der Waals surface area (Å²) < 4.78 is 34.1. The number of hydrogen-bond donors (Lipinski definition) is 1. The van der Waals surface area contributed by atoms with E-state index < -0.39 is 10.0 Å². The second-order valence-electron chi connectivity index (χ2n) is 9.79. The van der Waals surface area contributed by atoms with Crippen molar-refractivity contribution < 1.29 is 13.2 Å². The van der Waals surface area contributed by atoms with Crippen molar-refractivity contribution in [2.24, 2.45) is 0 Å². The topological polar surface area (TPSA) is 107 Å². The first kappa shape index (κ1) is 26.6. The maximum atomic E-state index is 12.3. The highest BCUT2D eigenvalue weighted by Crippen LogP contribution is 2.35. The fourth-order valence-corrected chi connectivity index (χ4v) is 5.33. The van der Waals surface area contributed by atoms with Crippen LogP contribution in [-0.4, -0.2) is 47.8 Å². The molecule has 0 saturated carbocycles. The quantitative estimate of drug-likeness (QED) is 0.309. The van der Waals surface area contributed by atoms with Crippen molar-refractivity contribution in [3.8, 4) is 0 Å². The number of pyridine rings is 2. The molecule has 5 rings (SSSR count). The molecule has 1 N–H and O–H groups in total. The van der Waals surface area contributed by atoms with Crippen LogP contribution in [-0.2, 0) is 21.2 Å². The molecule has 4 aromatic rings. The average molecular weight is 546 g/mol. The van der Waals surface area contributed by atoms with Crippen molar-refractivity contribution in [2.75, 3.05) is 29.5 Å². The Hall–Kier alpha value is -4.01. The third-order valence-corrected chi connectivity index (χ3v) is 8.12. The molecule has 3 aromatic heterocycles. The Morgan fingerprint density at radius 2 is 1.90 bits per heavy atom. The lowest BCUT2D eigenvalue weighted by molar-refractivity contribution is -0.0309. The maximum absolute atomic E-state index is 12.3. The Morgan fingerprint density at radius 1 is 1.10 bits per heavy atom. The fraction of sp³-hybridized carbons (Fsp3) is 0.357. The molecule has 0 amide bonds. The van der Waals surface area contributed by atoms with E-state index in [2.05, 4.69) is 15.1 Å². The third-order valence-electron chi connectivity index (χ3n) is 6.93. The van der Waals surface area contributed by atoms with Crippen molar-refractivity contribution in [3.05, 3.63) is 76.7 Å². The first-order valence-electron chi connectivity index (χ1n) is 12.8. The van der Waals surface area contributed by atoms with E-state index in [9.17, 15) is 8.42 Å². The van der Waals surface area contributed by atoms with Crippen LogP contribution in [0.25, 0.3) is 16.0 Å². The van der Waals surface area contributed by atoms with Crippen LogP contribution in [0.4, 0.5) is 22.9 Å². The molecule has 0 bridgehead atoms. The summed E-state index contributed by atoms with van der Waals surface area (Å²) in [6.07, 6.45) is 4.39. The molecule has 1 saturated heterocycles. The van der Waals surface area contributed by atoms with Gasteiger partial charge in [0.1, 0.15) is 23.3 Å². The van der Waals surface area contributed by atoms with Gasteiger partial charge in [-0.2, -0.15) is 0 Å². The molecular weight excluding hydrogens is 514 g/mol. The minimum atomic E-state index is -3.48. The summed E-state index contributed by atoms with van der Waals surface area (Å²) in [6, 6.07) is 13.0. The van der Waals surface area contributed by atoms with Crippen molar-refractivity contribution in [1.82, 2.24) is 19.5 Å². The Labute approximate surface area is 228 Å². The Morgan fingerprint density at radius 3 is 2.62 bits per heavy atom. The Bertz CT molecular complexity index is 1690. The van der Waals surface area contributed by atoms with Gasteiger partial charge >= 0.3 is 0 Å². The molecule has 0 aliphatic carbocycles. The number of imidazole rings is 1. The van der Waals surface area contributed by atoms with Crippen LogP contribution in [0.15, 0.2) is 42.5 Å². The number of hydrogen-bond acceptors (Lipinski definition) is 7. The number of aryl methyl sites for hydroxylation is 2. The van der Waals surface area contributed by atoms with Gasteiger partial charge in [0, 0.05) is 13.7 Å². The first-order chi connectivity index (χ1) is 18.7. The summed E-state index contributed by atoms with van der Waals surface area (Å²) >= 11 is 0. The van der Waals surface area contributed by atoms with Gasteiger partial charge in [0.05, 0.1) is 35.4 Å². The molecule has 0 radical (unpaired) electrons. The summed E-state index contributed by atoms with van der Waals surface area (Å²) in [7, 11) is -1.95. The van der Waals surface area contributed by atoms with Crippen LogP contribution in [0.5, 0.6) is 0 Å². The van der Waals surface area contributed by atoms with Crippen molar-refractivity contribution >= 4 is 44.1 Å². The number of fused-ring (bicyclic) bond motifs is 1. The van der Waals surface area contributed by atoms with E-state index in [1.165, 1.54) is 17.6 Å². The molecule has 202 valence electrons. The van der Waals surface area contributed by atoms with E-state index in [0.717, 1.165) is 42.0 Å². The molecule has 1 aliphatic rings. The van der Waals surface area contributed by atoms with Crippen molar-refractivity contribution in [2.45, 2.75) is 45.8 Å². The minimum Gasteiger partial charge on any atom is -0.360 e. The normalized spacial score (nSPS) is 15.7. The number of rotatable bonds is 7. The molecular formula is C28H31N7O3S. The zero-order valence-corrected chi connectivity index (χ0v) is 23.3. The number of ether oxygens (including phenoxy) is 1. The zero-order valence-electron chi connectivity index (χ0n) is 22.5. The van der Waals surface area contributed by atoms with Crippen LogP contribution in [0, 0.1) is 20.4 Å². The molecule has 1 unspecified atom stereocenters. The van der Waals surface area contributed by atoms with Gasteiger partial charge in [0.25, 0.3) is 5.82 Å². The predicted molar refractivity (Wildman–Crippen MR) is 152 cm³/mol. The lowest BCUT2D eigenvalue weighted by Gasteiger charge is -2.25. The lowest BCUT2D eigenvalue weighted by Crippen LogP contribution is -2.25. The molecule has 1 atom stereocenters. The molecule has 0 spiro atoms. The second-order valence-corrected chi connectivity index (χ2v) is 11.8. The summed E-state index contributed by atoms with van der Waals surface area (Å²) in [5.41, 5.74) is 5.48. The number of nitrogens with zero attached hydrogens (tertiary/aromatic N) is 6. The van der Waals surface area contributed by atoms with Gasteiger partial charge < -0.3 is 14.9 Å². The molecule has 1 aromatic carbocycles. The van der Waals surface area contributed by atoms with Crippen LogP contribution < -0.4 is 9.62 Å². The SMILES string of the molecule is [C-]#[N+]c1nc(Cc2cc(Nc3ccccc3N(C)S(C)(=O)=O)c3nc(C)n(C4CCCCO4)c3n2)ccc1C. The highest BCUT2D eigenvalue weighted by molar-refractivity contribution is 7.92. The highest BCUT2D eigenvalue weighted by atomic mass is 32.2. The largest absolute Gasteiger partial charge is 0.360 e. The summed E-state index contributed by atoms with van der Waals surface area (Å²) in [4.78, 5) is 17.9. The lowest BCUT2D eigenvalue weighted by atomic mass is 10.1. The van der Waals surface area contributed by atoms with Crippen molar-refractivity contribution in [1.29, 1.82) is 0 Å². The van der Waals surface area contributed by atoms with E-state index in [4.69, 9.17) is 21.3 Å². The number of nitrogens with one attached hydrogen (secondary N) is 1. The fourth-order valence-electron chi connectivity index (χ4n) is 4.81. The van der Waals surface area contributed by atoms with Crippen LogP contribution in [0.3, 0.4) is 0 Å². The predicted octanol–water partition coefficient (Wildman–Crippen LogP) is 5.42. The van der Waals surface area contributed by atoms with E-state index in [1.807, 2.05) is 48.7 Å². The third kappa shape index (κ3) is 5.44. The minimum absolute atomic E-state index is 0.158. The Kier molecular flexibility index (Phi) is 7.25. The van der Waals surface area contributed by atoms with Crippen LogP contribution in [0.2, 0.25) is 0 Å². The highest BCUT2D eigenvalue weighted by Gasteiger charge is 2.24. The van der Waals surface area contributed by atoms with E-state index in [-0.39, 0.29) is 6.23 Å². The molecule has 1 fully saturated rings. The number of benzene rings is 1. The molecule has 1 aliphatic heterocycles. The Balaban J connectivity index is 1.64. The van der Waals surface area contributed by atoms with E-state index in [1.54, 1.807) is 12.1 Å². The van der Waals surface area contributed by atoms with Crippen LogP contribution in [0.1, 0.15) is 48.3 Å². The van der Waals surface area contributed by atoms with Gasteiger partial charge in [-0.05, 0) is 62.9 Å². The first-order valence-corrected chi connectivity index (χ1v) is 14.6. The van der Waals surface area contributed by atoms with Gasteiger partial charge in [-0.1, -0.05) is 24.8 Å². The number of para-hydroxylation sites is 2. The monoisotopic (exact) mass is 545 g/mol. The van der Waals surface area contributed by atoms with Gasteiger partial charge in [-0.25, -0.2) is 18.4 Å². The van der Waals surface area contributed by atoms with Crippen molar-refractivity contribution in [3.63, 3.8) is 0 Å². The second kappa shape index (κ2) is 10.6. The summed E-state index contributed by atoms with van der Waals surface area (Å²) in [6.45, 7) is 11.9. The van der Waals surface area contributed by atoms with Crippen LogP contribution >= 0.6 is 0 Å². The summed E-state index contributed by atoms with van der Waals surface area (Å²) in [5.74, 6) is 1.16. The summed E-state index contributed by atoms with van der Waals surface area (Å²) in [5, 5.41) is 3.44. The van der Waals surface area contributed by atoms with Gasteiger partial charge in [0.2, 0.25) is 10.0 Å². The smallest absolute Gasteiger partial charge is 0.272 e. The standard InChI is InChI=1S/C28H31N7O3S/c1-18-13-14-20(31-27(18)29-3)16-21-17-23(33-22-10-6-7-11-24(22)34(4)39(5,36)37)26-28(32-21)35(19(2)30-26)25-12-8-9-15-38-25/h6-7,10-11,13-14,17,25H,8-9,12,15-16H2,1-2,4-5H3,(H,32,33). The van der Waals surface area contributed by atoms with Gasteiger partial charge in [0.15, 0.2) is 5.65 Å². The number of aromatic nitrogens is 4. The molecule has 39 heavy (non-hydrogen) atoms. The average Bonchev–Trinajstić information content (AvgIpc) is 3.25. The molecule has 11 heteroatoms. The number of anilines is 3. The molecule has 4 heterocycles. The van der Waals surface area contributed by atoms with E-state index in [0.29, 0.717) is 47.1 Å².